The number of anilines is 1. The topological polar surface area (TPSA) is 85.1 Å². The number of pyridine rings is 1. The van der Waals surface area contributed by atoms with Crippen LogP contribution in [0.4, 0.5) is 5.69 Å². The van der Waals surface area contributed by atoms with Gasteiger partial charge in [0.2, 0.25) is 10.0 Å². The third-order valence-corrected chi connectivity index (χ3v) is 4.83. The molecule has 0 bridgehead atoms. The first-order valence-electron chi connectivity index (χ1n) is 6.58. The maximum absolute atomic E-state index is 12.4. The molecule has 1 aromatic heterocycles. The fraction of sp³-hybridized carbons (Fsp3) is 0.357. The van der Waals surface area contributed by atoms with Gasteiger partial charge in [-0.15, -0.1) is 0 Å². The minimum absolute atomic E-state index is 0.172. The monoisotopic (exact) mass is 293 g/mol. The Labute approximate surface area is 119 Å². The fourth-order valence-electron chi connectivity index (χ4n) is 1.86. The summed E-state index contributed by atoms with van der Waals surface area (Å²) in [5.41, 5.74) is 6.79. The summed E-state index contributed by atoms with van der Waals surface area (Å²) >= 11 is 0. The Kier molecular flexibility index (Phi) is 4.25. The number of nitrogens with two attached hydrogens (primary N) is 1. The number of nitrogens with one attached hydrogen (secondary N) is 1. The van der Waals surface area contributed by atoms with Gasteiger partial charge in [-0.3, -0.25) is 4.98 Å². The number of hydrogen-bond acceptors (Lipinski definition) is 4. The van der Waals surface area contributed by atoms with Gasteiger partial charge in [0, 0.05) is 23.8 Å². The van der Waals surface area contributed by atoms with Gasteiger partial charge in [-0.2, -0.15) is 0 Å². The fourth-order valence-corrected chi connectivity index (χ4v) is 3.18. The normalized spacial score (nSPS) is 13.5. The maximum Gasteiger partial charge on any atom is 0.242 e. The number of nitrogen functional groups attached to an aromatic ring is 1. The van der Waals surface area contributed by atoms with Gasteiger partial charge in [-0.25, -0.2) is 13.1 Å². The lowest BCUT2D eigenvalue weighted by Gasteiger charge is -2.12. The summed E-state index contributed by atoms with van der Waals surface area (Å²) in [5.74, 6) is 0.290. The van der Waals surface area contributed by atoms with Gasteiger partial charge >= 0.3 is 0 Å². The summed E-state index contributed by atoms with van der Waals surface area (Å²) < 4.78 is 27.4. The Morgan fingerprint density at radius 2 is 2.10 bits per heavy atom. The molecule has 0 saturated carbocycles. The van der Waals surface area contributed by atoms with Crippen LogP contribution in [0.5, 0.6) is 0 Å². The summed E-state index contributed by atoms with van der Waals surface area (Å²) in [5, 5.41) is 0.652. The van der Waals surface area contributed by atoms with Crippen LogP contribution in [0.1, 0.15) is 20.3 Å². The van der Waals surface area contributed by atoms with Crippen molar-refractivity contribution >= 4 is 26.6 Å². The van der Waals surface area contributed by atoms with E-state index in [-0.39, 0.29) is 10.8 Å². The number of sulfonamides is 1. The molecule has 108 valence electrons. The lowest BCUT2D eigenvalue weighted by atomic mass is 10.1. The molecule has 0 radical (unpaired) electrons. The average Bonchev–Trinajstić information content (AvgIpc) is 2.45. The quantitative estimate of drug-likeness (QED) is 0.827. The smallest absolute Gasteiger partial charge is 0.242 e. The second-order valence-corrected chi connectivity index (χ2v) is 6.65. The largest absolute Gasteiger partial charge is 0.398 e. The van der Waals surface area contributed by atoms with Gasteiger partial charge in [0.05, 0.1) is 5.52 Å². The summed E-state index contributed by atoms with van der Waals surface area (Å²) in [6.07, 6.45) is 2.48. The predicted molar refractivity (Wildman–Crippen MR) is 80.8 cm³/mol. The molecule has 1 unspecified atom stereocenters. The van der Waals surface area contributed by atoms with E-state index in [4.69, 9.17) is 5.73 Å². The molecule has 5 nitrogen and oxygen atoms in total. The highest BCUT2D eigenvalue weighted by Crippen LogP contribution is 2.25. The van der Waals surface area contributed by atoms with Crippen molar-refractivity contribution < 1.29 is 8.42 Å². The summed E-state index contributed by atoms with van der Waals surface area (Å²) in [6, 6.07) is 6.61. The van der Waals surface area contributed by atoms with Crippen molar-refractivity contribution in [2.24, 2.45) is 5.92 Å². The Morgan fingerprint density at radius 1 is 1.35 bits per heavy atom. The molecule has 1 aromatic carbocycles. The van der Waals surface area contributed by atoms with Crippen molar-refractivity contribution in [3.63, 3.8) is 0 Å². The Hall–Kier alpha value is -1.66. The molecule has 2 aromatic rings. The molecule has 0 amide bonds. The highest BCUT2D eigenvalue weighted by Gasteiger charge is 2.19. The van der Waals surface area contributed by atoms with Gasteiger partial charge in [0.15, 0.2) is 0 Å². The van der Waals surface area contributed by atoms with Gasteiger partial charge in [0.25, 0.3) is 0 Å². The second kappa shape index (κ2) is 5.76. The Bertz CT molecular complexity index is 713. The minimum atomic E-state index is -3.58. The Morgan fingerprint density at radius 3 is 2.80 bits per heavy atom. The van der Waals surface area contributed by atoms with Crippen LogP contribution < -0.4 is 10.5 Å². The van der Waals surface area contributed by atoms with E-state index in [1.54, 1.807) is 24.4 Å². The minimum Gasteiger partial charge on any atom is -0.398 e. The van der Waals surface area contributed by atoms with E-state index in [1.165, 1.54) is 6.07 Å². The zero-order valence-electron chi connectivity index (χ0n) is 11.6. The standard InChI is InChI=1S/C14H19N3O2S/c1-3-10(2)9-17-20(18,19)13-7-6-12(15)11-5-4-8-16-14(11)13/h4-8,10,17H,3,9,15H2,1-2H3. The molecule has 0 saturated heterocycles. The third kappa shape index (κ3) is 2.91. The third-order valence-electron chi connectivity index (χ3n) is 3.37. The van der Waals surface area contributed by atoms with Crippen molar-refractivity contribution in [3.8, 4) is 0 Å². The molecule has 20 heavy (non-hydrogen) atoms. The van der Waals surface area contributed by atoms with E-state index in [2.05, 4.69) is 9.71 Å². The van der Waals surface area contributed by atoms with Crippen LogP contribution in [-0.4, -0.2) is 19.9 Å². The van der Waals surface area contributed by atoms with Crippen molar-refractivity contribution in [2.45, 2.75) is 25.2 Å². The van der Waals surface area contributed by atoms with Gasteiger partial charge < -0.3 is 5.73 Å². The molecular formula is C14H19N3O2S. The van der Waals surface area contributed by atoms with Crippen LogP contribution in [0.25, 0.3) is 10.9 Å². The maximum atomic E-state index is 12.4. The highest BCUT2D eigenvalue weighted by atomic mass is 32.2. The number of benzene rings is 1. The van der Waals surface area contributed by atoms with E-state index < -0.39 is 10.0 Å². The summed E-state index contributed by atoms with van der Waals surface area (Å²) in [4.78, 5) is 4.33. The molecule has 0 spiro atoms. The van der Waals surface area contributed by atoms with Crippen molar-refractivity contribution in [1.29, 1.82) is 0 Å². The highest BCUT2D eigenvalue weighted by molar-refractivity contribution is 7.89. The first-order chi connectivity index (χ1) is 9.45. The van der Waals surface area contributed by atoms with Crippen molar-refractivity contribution in [1.82, 2.24) is 9.71 Å². The molecule has 0 fully saturated rings. The van der Waals surface area contributed by atoms with Crippen LogP contribution in [0.15, 0.2) is 35.4 Å². The van der Waals surface area contributed by atoms with E-state index in [9.17, 15) is 8.42 Å². The SMILES string of the molecule is CCC(C)CNS(=O)(=O)c1ccc(N)c2cccnc12. The van der Waals surface area contributed by atoms with Crippen molar-refractivity contribution in [2.75, 3.05) is 12.3 Å². The molecule has 1 heterocycles. The number of nitrogens with zero attached hydrogens (tertiary/aromatic N) is 1. The summed E-state index contributed by atoms with van der Waals surface area (Å²) in [7, 11) is -3.58. The molecule has 1 atom stereocenters. The van der Waals surface area contributed by atoms with E-state index in [1.807, 2.05) is 13.8 Å². The number of rotatable bonds is 5. The van der Waals surface area contributed by atoms with Gasteiger partial charge in [0.1, 0.15) is 4.90 Å². The number of aromatic nitrogens is 1. The molecule has 2 rings (SSSR count). The lowest BCUT2D eigenvalue weighted by molar-refractivity contribution is 0.529. The molecule has 0 aliphatic rings. The van der Waals surface area contributed by atoms with Crippen molar-refractivity contribution in [3.05, 3.63) is 30.5 Å². The van der Waals surface area contributed by atoms with Crippen LogP contribution in [0.3, 0.4) is 0 Å². The van der Waals surface area contributed by atoms with E-state index in [0.717, 1.165) is 6.42 Å². The van der Waals surface area contributed by atoms with Crippen LogP contribution in [0.2, 0.25) is 0 Å². The molecule has 6 heteroatoms. The number of fused-ring (bicyclic) bond motifs is 1. The Balaban J connectivity index is 2.45. The van der Waals surface area contributed by atoms with E-state index in [0.29, 0.717) is 23.1 Å². The zero-order chi connectivity index (χ0) is 14.8. The van der Waals surface area contributed by atoms with Crippen LogP contribution in [-0.2, 0) is 10.0 Å². The van der Waals surface area contributed by atoms with Gasteiger partial charge in [-0.1, -0.05) is 20.3 Å². The first kappa shape index (κ1) is 14.7. The van der Waals surface area contributed by atoms with E-state index >= 15 is 0 Å². The molecule has 0 aliphatic heterocycles. The summed E-state index contributed by atoms with van der Waals surface area (Å²) in [6.45, 7) is 4.44. The zero-order valence-corrected chi connectivity index (χ0v) is 12.4. The first-order valence-corrected chi connectivity index (χ1v) is 8.07. The predicted octanol–water partition coefficient (Wildman–Crippen LogP) is 2.14. The van der Waals surface area contributed by atoms with Crippen LogP contribution in [0, 0.1) is 5.92 Å². The lowest BCUT2D eigenvalue weighted by Crippen LogP contribution is -2.28. The van der Waals surface area contributed by atoms with Gasteiger partial charge in [-0.05, 0) is 30.2 Å². The molecule has 0 aliphatic carbocycles. The number of hydrogen-bond donors (Lipinski definition) is 2. The molecule has 3 N–H and O–H groups in total. The van der Waals surface area contributed by atoms with Crippen LogP contribution >= 0.6 is 0 Å². The average molecular weight is 293 g/mol. The molecular weight excluding hydrogens is 274 g/mol. The second-order valence-electron chi connectivity index (χ2n) is 4.92.